The first-order valence-electron chi connectivity index (χ1n) is 8.86. The third-order valence-corrected chi connectivity index (χ3v) is 5.24. The molecule has 5 heteroatoms. The molecule has 1 saturated heterocycles. The van der Waals surface area contributed by atoms with Crippen molar-refractivity contribution in [2.24, 2.45) is 11.7 Å². The maximum atomic E-state index is 12.5. The fourth-order valence-electron chi connectivity index (χ4n) is 3.38. The topological polar surface area (TPSA) is 71.2 Å². The number of aromatic nitrogens is 1. The number of hydrogen-bond donors (Lipinski definition) is 2. The number of hydrogen-bond acceptors (Lipinski definition) is 4. The van der Waals surface area contributed by atoms with Gasteiger partial charge in [-0.05, 0) is 50.7 Å². The molecule has 0 radical (unpaired) electrons. The molecule has 1 amide bonds. The molecule has 3 N–H and O–H groups in total. The van der Waals surface area contributed by atoms with Gasteiger partial charge in [0.1, 0.15) is 5.82 Å². The molecular formula is C18H28N4O. The quantitative estimate of drug-likeness (QED) is 0.874. The fourth-order valence-corrected chi connectivity index (χ4v) is 3.38. The van der Waals surface area contributed by atoms with Gasteiger partial charge < -0.3 is 16.0 Å². The van der Waals surface area contributed by atoms with Gasteiger partial charge in [-0.1, -0.05) is 12.8 Å². The van der Waals surface area contributed by atoms with Crippen molar-refractivity contribution in [1.82, 2.24) is 10.3 Å². The summed E-state index contributed by atoms with van der Waals surface area (Å²) in [6.07, 6.45) is 9.05. The zero-order chi connectivity index (χ0) is 16.3. The van der Waals surface area contributed by atoms with Crippen molar-refractivity contribution >= 4 is 11.7 Å². The van der Waals surface area contributed by atoms with Gasteiger partial charge in [0.25, 0.3) is 5.91 Å². The number of amides is 1. The molecule has 5 nitrogen and oxygen atoms in total. The Kier molecular flexibility index (Phi) is 4.85. The van der Waals surface area contributed by atoms with Gasteiger partial charge in [-0.15, -0.1) is 0 Å². The molecule has 0 aromatic carbocycles. The van der Waals surface area contributed by atoms with Crippen molar-refractivity contribution in [3.63, 3.8) is 0 Å². The Morgan fingerprint density at radius 1 is 1.30 bits per heavy atom. The van der Waals surface area contributed by atoms with Crippen LogP contribution < -0.4 is 16.0 Å². The molecule has 0 bridgehead atoms. The summed E-state index contributed by atoms with van der Waals surface area (Å²) >= 11 is 0. The smallest absolute Gasteiger partial charge is 0.253 e. The highest BCUT2D eigenvalue weighted by Crippen LogP contribution is 2.39. The van der Waals surface area contributed by atoms with E-state index in [1.807, 2.05) is 19.1 Å². The first-order valence-corrected chi connectivity index (χ1v) is 8.86. The van der Waals surface area contributed by atoms with Crippen molar-refractivity contribution in [2.45, 2.75) is 51.0 Å². The van der Waals surface area contributed by atoms with Crippen molar-refractivity contribution in [1.29, 1.82) is 0 Å². The van der Waals surface area contributed by atoms with Crippen LogP contribution in [0.1, 0.15) is 55.8 Å². The Bertz CT molecular complexity index is 532. The van der Waals surface area contributed by atoms with Gasteiger partial charge >= 0.3 is 0 Å². The minimum Gasteiger partial charge on any atom is -0.357 e. The van der Waals surface area contributed by atoms with Gasteiger partial charge in [0.15, 0.2) is 0 Å². The number of anilines is 1. The average Bonchev–Trinajstić information content (AvgIpc) is 3.41. The molecule has 1 aromatic heterocycles. The van der Waals surface area contributed by atoms with Crippen LogP contribution in [0.2, 0.25) is 0 Å². The summed E-state index contributed by atoms with van der Waals surface area (Å²) in [5.74, 6) is 1.42. The van der Waals surface area contributed by atoms with Gasteiger partial charge in [0, 0.05) is 25.8 Å². The second kappa shape index (κ2) is 6.87. The first-order chi connectivity index (χ1) is 11.1. The molecule has 0 spiro atoms. The molecule has 1 unspecified atom stereocenters. The number of rotatable bonds is 5. The standard InChI is InChI=1S/C18H28N4O/c1-18(13-19,15-7-8-15)21-17(23)14-6-9-16(20-12-14)22-10-4-2-3-5-11-22/h6,9,12,15H,2-5,7-8,10-11,13,19H2,1H3,(H,21,23). The summed E-state index contributed by atoms with van der Waals surface area (Å²) < 4.78 is 0. The van der Waals surface area contributed by atoms with E-state index in [-0.39, 0.29) is 11.4 Å². The fraction of sp³-hybridized carbons (Fsp3) is 0.667. The maximum Gasteiger partial charge on any atom is 0.253 e. The molecule has 1 aliphatic carbocycles. The molecule has 1 saturated carbocycles. The van der Waals surface area contributed by atoms with E-state index in [9.17, 15) is 4.79 Å². The minimum absolute atomic E-state index is 0.0697. The predicted octanol–water partition coefficient (Wildman–Crippen LogP) is 2.32. The highest BCUT2D eigenvalue weighted by atomic mass is 16.1. The monoisotopic (exact) mass is 316 g/mol. The molecular weight excluding hydrogens is 288 g/mol. The highest BCUT2D eigenvalue weighted by molar-refractivity contribution is 5.94. The second-order valence-corrected chi connectivity index (χ2v) is 7.16. The number of nitrogens with one attached hydrogen (secondary N) is 1. The largest absolute Gasteiger partial charge is 0.357 e. The van der Waals surface area contributed by atoms with E-state index in [4.69, 9.17) is 5.73 Å². The lowest BCUT2D eigenvalue weighted by Gasteiger charge is -2.29. The van der Waals surface area contributed by atoms with E-state index in [2.05, 4.69) is 15.2 Å². The van der Waals surface area contributed by atoms with Crippen LogP contribution in [0.3, 0.4) is 0 Å². The molecule has 126 valence electrons. The van der Waals surface area contributed by atoms with Crippen LogP contribution in [0.15, 0.2) is 18.3 Å². The summed E-state index contributed by atoms with van der Waals surface area (Å²) in [6.45, 7) is 4.64. The van der Waals surface area contributed by atoms with Crippen molar-refractivity contribution < 1.29 is 4.79 Å². The molecule has 2 aliphatic rings. The Balaban J connectivity index is 1.65. The van der Waals surface area contributed by atoms with Crippen molar-refractivity contribution in [3.8, 4) is 0 Å². The van der Waals surface area contributed by atoms with Gasteiger partial charge in [-0.2, -0.15) is 0 Å². The SMILES string of the molecule is CC(CN)(NC(=O)c1ccc(N2CCCCCC2)nc1)C1CC1. The van der Waals surface area contributed by atoms with Crippen LogP contribution in [0, 0.1) is 5.92 Å². The Morgan fingerprint density at radius 2 is 2.00 bits per heavy atom. The second-order valence-electron chi connectivity index (χ2n) is 7.16. The third kappa shape index (κ3) is 3.83. The molecule has 1 aromatic rings. The van der Waals surface area contributed by atoms with Crippen LogP contribution in [0.25, 0.3) is 0 Å². The number of carbonyl (C=O) groups excluding carboxylic acids is 1. The summed E-state index contributed by atoms with van der Waals surface area (Å²) in [6, 6.07) is 3.85. The van der Waals surface area contributed by atoms with Gasteiger partial charge in [-0.3, -0.25) is 4.79 Å². The minimum atomic E-state index is -0.291. The van der Waals surface area contributed by atoms with Crippen LogP contribution in [0.5, 0.6) is 0 Å². The van der Waals surface area contributed by atoms with E-state index < -0.39 is 0 Å². The Morgan fingerprint density at radius 3 is 2.52 bits per heavy atom. The summed E-state index contributed by atoms with van der Waals surface area (Å²) in [7, 11) is 0. The van der Waals surface area contributed by atoms with Crippen molar-refractivity contribution in [2.75, 3.05) is 24.5 Å². The number of carbonyl (C=O) groups is 1. The van der Waals surface area contributed by atoms with E-state index in [1.165, 1.54) is 25.7 Å². The zero-order valence-electron chi connectivity index (χ0n) is 14.1. The molecule has 1 atom stereocenters. The Labute approximate surface area is 138 Å². The van der Waals surface area contributed by atoms with Gasteiger partial charge in [0.2, 0.25) is 0 Å². The van der Waals surface area contributed by atoms with Crippen LogP contribution in [0.4, 0.5) is 5.82 Å². The first kappa shape index (κ1) is 16.2. The highest BCUT2D eigenvalue weighted by Gasteiger charge is 2.41. The number of pyridine rings is 1. The third-order valence-electron chi connectivity index (χ3n) is 5.24. The zero-order valence-corrected chi connectivity index (χ0v) is 14.1. The number of nitrogens with zero attached hydrogens (tertiary/aromatic N) is 2. The Hall–Kier alpha value is -1.62. The maximum absolute atomic E-state index is 12.5. The molecule has 3 rings (SSSR count). The van der Waals surface area contributed by atoms with Crippen molar-refractivity contribution in [3.05, 3.63) is 23.9 Å². The molecule has 1 aliphatic heterocycles. The van der Waals surface area contributed by atoms with Crippen LogP contribution in [-0.4, -0.2) is 36.1 Å². The molecule has 23 heavy (non-hydrogen) atoms. The lowest BCUT2D eigenvalue weighted by atomic mass is 9.95. The van der Waals surface area contributed by atoms with E-state index >= 15 is 0 Å². The summed E-state index contributed by atoms with van der Waals surface area (Å²) in [5.41, 5.74) is 6.20. The van der Waals surface area contributed by atoms with Crippen LogP contribution >= 0.6 is 0 Å². The number of nitrogens with two attached hydrogens (primary N) is 1. The van der Waals surface area contributed by atoms with E-state index in [0.717, 1.165) is 31.7 Å². The average molecular weight is 316 g/mol. The van der Waals surface area contributed by atoms with Gasteiger partial charge in [0.05, 0.1) is 11.1 Å². The normalized spacial score (nSPS) is 21.4. The lowest BCUT2D eigenvalue weighted by Crippen LogP contribution is -2.53. The van der Waals surface area contributed by atoms with E-state index in [1.54, 1.807) is 6.20 Å². The summed E-state index contributed by atoms with van der Waals surface area (Å²) in [4.78, 5) is 19.3. The predicted molar refractivity (Wildman–Crippen MR) is 92.6 cm³/mol. The molecule has 2 fully saturated rings. The van der Waals surface area contributed by atoms with Crippen LogP contribution in [-0.2, 0) is 0 Å². The van der Waals surface area contributed by atoms with E-state index in [0.29, 0.717) is 18.0 Å². The summed E-state index contributed by atoms with van der Waals surface area (Å²) in [5, 5.41) is 3.11. The van der Waals surface area contributed by atoms with Gasteiger partial charge in [-0.25, -0.2) is 4.98 Å². The molecule has 2 heterocycles. The lowest BCUT2D eigenvalue weighted by molar-refractivity contribution is 0.0897.